The molecule has 7 heteroatoms. The molecule has 2 aromatic heterocycles. The van der Waals surface area contributed by atoms with E-state index in [0.29, 0.717) is 4.88 Å². The number of hydrogen-bond acceptors (Lipinski definition) is 3. The lowest BCUT2D eigenvalue weighted by molar-refractivity contribution is -0.137. The minimum atomic E-state index is -4.40. The number of hydrogen-bond donors (Lipinski definition) is 1. The molecule has 2 rings (SSSR count). The van der Waals surface area contributed by atoms with Crippen molar-refractivity contribution in [2.24, 2.45) is 0 Å². The third-order valence-corrected chi connectivity index (χ3v) is 5.20. The lowest BCUT2D eigenvalue weighted by Gasteiger charge is -2.08. The van der Waals surface area contributed by atoms with Crippen LogP contribution in [0.25, 0.3) is 0 Å². The molecular formula is C10H6BrF3OS2. The van der Waals surface area contributed by atoms with Crippen molar-refractivity contribution < 1.29 is 18.3 Å². The summed E-state index contributed by atoms with van der Waals surface area (Å²) in [6.07, 6.45) is -5.41. The van der Waals surface area contributed by atoms with E-state index < -0.39 is 17.8 Å². The molecule has 0 spiro atoms. The largest absolute Gasteiger partial charge is 0.418 e. The summed E-state index contributed by atoms with van der Waals surface area (Å²) >= 11 is 5.11. The Morgan fingerprint density at radius 1 is 1.29 bits per heavy atom. The zero-order chi connectivity index (χ0) is 12.6. The summed E-state index contributed by atoms with van der Waals surface area (Å²) in [7, 11) is 0. The van der Waals surface area contributed by atoms with Crippen molar-refractivity contribution in [2.75, 3.05) is 0 Å². The highest BCUT2D eigenvalue weighted by atomic mass is 79.9. The van der Waals surface area contributed by atoms with E-state index in [0.717, 1.165) is 16.7 Å². The van der Waals surface area contributed by atoms with Gasteiger partial charge >= 0.3 is 6.18 Å². The predicted octanol–water partition coefficient (Wildman–Crippen LogP) is 4.67. The molecular weight excluding hydrogens is 337 g/mol. The second-order valence-electron chi connectivity index (χ2n) is 3.24. The maximum atomic E-state index is 12.6. The van der Waals surface area contributed by atoms with E-state index in [1.807, 2.05) is 0 Å². The first kappa shape index (κ1) is 13.1. The fourth-order valence-corrected chi connectivity index (χ4v) is 4.06. The maximum absolute atomic E-state index is 12.6. The smallest absolute Gasteiger partial charge is 0.382 e. The van der Waals surface area contributed by atoms with Gasteiger partial charge in [0.15, 0.2) is 0 Å². The van der Waals surface area contributed by atoms with E-state index in [1.54, 1.807) is 17.5 Å². The number of thiophene rings is 2. The van der Waals surface area contributed by atoms with E-state index in [9.17, 15) is 18.3 Å². The second-order valence-corrected chi connectivity index (χ2v) is 5.93. The molecule has 0 saturated heterocycles. The molecule has 0 aliphatic rings. The zero-order valence-electron chi connectivity index (χ0n) is 8.16. The van der Waals surface area contributed by atoms with Gasteiger partial charge in [-0.25, -0.2) is 0 Å². The van der Waals surface area contributed by atoms with Crippen molar-refractivity contribution >= 4 is 38.6 Å². The molecule has 0 saturated carbocycles. The van der Waals surface area contributed by atoms with Crippen LogP contribution in [-0.2, 0) is 6.18 Å². The van der Waals surface area contributed by atoms with Crippen LogP contribution in [0, 0.1) is 0 Å². The van der Waals surface area contributed by atoms with Crippen LogP contribution in [0.4, 0.5) is 13.2 Å². The van der Waals surface area contributed by atoms with Crippen LogP contribution in [0.2, 0.25) is 0 Å². The fraction of sp³-hybridized carbons (Fsp3) is 0.200. The Balaban J connectivity index is 2.38. The van der Waals surface area contributed by atoms with Gasteiger partial charge in [0, 0.05) is 14.7 Å². The van der Waals surface area contributed by atoms with Crippen LogP contribution in [0.1, 0.15) is 21.4 Å². The van der Waals surface area contributed by atoms with Gasteiger partial charge in [-0.1, -0.05) is 6.07 Å². The molecule has 0 fully saturated rings. The quantitative estimate of drug-likeness (QED) is 0.840. The lowest BCUT2D eigenvalue weighted by Crippen LogP contribution is -2.04. The molecule has 92 valence electrons. The number of rotatable bonds is 2. The summed E-state index contributed by atoms with van der Waals surface area (Å²) in [5.74, 6) is 0. The topological polar surface area (TPSA) is 20.2 Å². The van der Waals surface area contributed by atoms with Gasteiger partial charge in [0.2, 0.25) is 0 Å². The van der Waals surface area contributed by atoms with Crippen molar-refractivity contribution in [2.45, 2.75) is 12.3 Å². The Hall–Kier alpha value is -0.370. The molecule has 1 atom stereocenters. The Labute approximate surface area is 112 Å². The van der Waals surface area contributed by atoms with Gasteiger partial charge in [0.1, 0.15) is 6.10 Å². The minimum Gasteiger partial charge on any atom is -0.382 e. The average molecular weight is 343 g/mol. The van der Waals surface area contributed by atoms with Gasteiger partial charge in [-0.3, -0.25) is 0 Å². The Morgan fingerprint density at radius 2 is 2.00 bits per heavy atom. The van der Waals surface area contributed by atoms with Crippen molar-refractivity contribution in [1.29, 1.82) is 0 Å². The highest BCUT2D eigenvalue weighted by molar-refractivity contribution is 9.10. The third kappa shape index (κ3) is 2.57. The van der Waals surface area contributed by atoms with Gasteiger partial charge in [-0.2, -0.15) is 13.2 Å². The van der Waals surface area contributed by atoms with Gasteiger partial charge in [-0.15, -0.1) is 22.7 Å². The molecule has 0 radical (unpaired) electrons. The third-order valence-electron chi connectivity index (χ3n) is 2.12. The Morgan fingerprint density at radius 3 is 2.47 bits per heavy atom. The van der Waals surface area contributed by atoms with Gasteiger partial charge in [0.05, 0.1) is 10.4 Å². The molecule has 0 aliphatic carbocycles. The number of aliphatic hydroxyl groups is 1. The second kappa shape index (κ2) is 4.72. The highest BCUT2D eigenvalue weighted by Gasteiger charge is 2.36. The zero-order valence-corrected chi connectivity index (χ0v) is 11.4. The first-order valence-electron chi connectivity index (χ1n) is 4.47. The number of alkyl halides is 3. The monoisotopic (exact) mass is 342 g/mol. The number of halogens is 4. The van der Waals surface area contributed by atoms with Gasteiger partial charge < -0.3 is 5.11 Å². The molecule has 1 N–H and O–H groups in total. The standard InChI is InChI=1S/C10H6BrF3OS2/c11-7-5(10(12,13)14)4-17-9(7)8(15)6-2-1-3-16-6/h1-4,8,15H. The molecule has 1 unspecified atom stereocenters. The molecule has 1 nitrogen and oxygen atoms in total. The Kier molecular flexibility index (Phi) is 3.63. The van der Waals surface area contributed by atoms with Crippen LogP contribution in [0.3, 0.4) is 0 Å². The molecule has 2 heterocycles. The first-order valence-corrected chi connectivity index (χ1v) is 7.02. The molecule has 17 heavy (non-hydrogen) atoms. The van der Waals surface area contributed by atoms with Crippen molar-refractivity contribution in [1.82, 2.24) is 0 Å². The first-order chi connectivity index (χ1) is 7.91. The Bertz CT molecular complexity index is 504. The normalized spacial score (nSPS) is 13.9. The fourth-order valence-electron chi connectivity index (χ4n) is 1.31. The van der Waals surface area contributed by atoms with Crippen LogP contribution >= 0.6 is 38.6 Å². The summed E-state index contributed by atoms with van der Waals surface area (Å²) in [6, 6.07) is 3.43. The van der Waals surface area contributed by atoms with Gasteiger partial charge in [0.25, 0.3) is 0 Å². The van der Waals surface area contributed by atoms with E-state index in [2.05, 4.69) is 15.9 Å². The van der Waals surface area contributed by atoms with Crippen molar-refractivity contribution in [3.8, 4) is 0 Å². The summed E-state index contributed by atoms with van der Waals surface area (Å²) in [5.41, 5.74) is -0.742. The molecule has 0 bridgehead atoms. The minimum absolute atomic E-state index is 0.0732. The van der Waals surface area contributed by atoms with E-state index in [1.165, 1.54) is 11.3 Å². The van der Waals surface area contributed by atoms with Gasteiger partial charge in [-0.05, 0) is 27.4 Å². The molecule has 0 aromatic carbocycles. The summed E-state index contributed by atoms with van der Waals surface area (Å²) in [6.45, 7) is 0. The van der Waals surface area contributed by atoms with Crippen LogP contribution in [0.5, 0.6) is 0 Å². The van der Waals surface area contributed by atoms with E-state index in [-0.39, 0.29) is 9.35 Å². The van der Waals surface area contributed by atoms with Crippen molar-refractivity contribution in [3.05, 3.63) is 42.7 Å². The average Bonchev–Trinajstić information content (AvgIpc) is 2.83. The molecule has 0 aliphatic heterocycles. The number of aliphatic hydroxyl groups excluding tert-OH is 1. The maximum Gasteiger partial charge on any atom is 0.418 e. The van der Waals surface area contributed by atoms with Crippen LogP contribution in [0.15, 0.2) is 27.4 Å². The summed E-state index contributed by atoms with van der Waals surface area (Å²) < 4.78 is 37.6. The molecule has 2 aromatic rings. The SMILES string of the molecule is OC(c1cccs1)c1scc(C(F)(F)F)c1Br. The van der Waals surface area contributed by atoms with E-state index >= 15 is 0 Å². The summed E-state index contributed by atoms with van der Waals surface area (Å²) in [4.78, 5) is 0.904. The predicted molar refractivity (Wildman–Crippen MR) is 65.4 cm³/mol. The van der Waals surface area contributed by atoms with Crippen LogP contribution < -0.4 is 0 Å². The summed E-state index contributed by atoms with van der Waals surface area (Å²) in [5, 5.41) is 12.7. The van der Waals surface area contributed by atoms with E-state index in [4.69, 9.17) is 0 Å². The van der Waals surface area contributed by atoms with Crippen molar-refractivity contribution in [3.63, 3.8) is 0 Å². The lowest BCUT2D eigenvalue weighted by atomic mass is 10.2. The molecule has 0 amide bonds. The van der Waals surface area contributed by atoms with Crippen LogP contribution in [-0.4, -0.2) is 5.11 Å². The highest BCUT2D eigenvalue weighted by Crippen LogP contribution is 2.43.